The van der Waals surface area contributed by atoms with Crippen molar-refractivity contribution < 1.29 is 9.53 Å². The van der Waals surface area contributed by atoms with E-state index in [0.717, 1.165) is 37.6 Å². The van der Waals surface area contributed by atoms with Crippen LogP contribution < -0.4 is 20.3 Å². The molecule has 200 valence electrons. The molecule has 0 bridgehead atoms. The first kappa shape index (κ1) is 25.9. The van der Waals surface area contributed by atoms with E-state index in [1.54, 1.807) is 23.9 Å². The van der Waals surface area contributed by atoms with Gasteiger partial charge in [-0.2, -0.15) is 4.98 Å². The lowest BCUT2D eigenvalue weighted by atomic mass is 10.1. The van der Waals surface area contributed by atoms with Crippen molar-refractivity contribution in [2.45, 2.75) is 6.04 Å². The van der Waals surface area contributed by atoms with Crippen LogP contribution in [0.4, 0.5) is 27.8 Å². The van der Waals surface area contributed by atoms with Gasteiger partial charge in [-0.15, -0.1) is 0 Å². The van der Waals surface area contributed by atoms with Crippen molar-refractivity contribution in [1.29, 1.82) is 0 Å². The first-order valence-corrected chi connectivity index (χ1v) is 13.1. The first-order valence-electron chi connectivity index (χ1n) is 12.7. The molecule has 38 heavy (non-hydrogen) atoms. The Hall–Kier alpha value is -3.76. The number of aromatic nitrogens is 2. The number of hydrogen-bond donors (Lipinski definition) is 2. The lowest BCUT2D eigenvalue weighted by Crippen LogP contribution is -2.59. The second kappa shape index (κ2) is 11.3. The summed E-state index contributed by atoms with van der Waals surface area (Å²) in [5.74, 6) is 1.26. The SMILES string of the molecule is CN1CCN(c2ccc(Nc3ncc(Cl)c(Oc4cccc(NC5CN(C(=O)N(C)C)C5)c4)n3)cc2)CC1. The number of ether oxygens (including phenoxy) is 1. The van der Waals surface area contributed by atoms with Crippen LogP contribution in [-0.4, -0.2) is 97.2 Å². The third-order valence-electron chi connectivity index (χ3n) is 6.66. The Morgan fingerprint density at radius 2 is 1.79 bits per heavy atom. The molecule has 0 unspecified atom stereocenters. The first-order chi connectivity index (χ1) is 18.3. The van der Waals surface area contributed by atoms with Crippen molar-refractivity contribution in [2.24, 2.45) is 0 Å². The van der Waals surface area contributed by atoms with Crippen LogP contribution in [-0.2, 0) is 0 Å². The van der Waals surface area contributed by atoms with E-state index in [9.17, 15) is 4.79 Å². The maximum atomic E-state index is 12.0. The number of carbonyl (C=O) groups is 1. The smallest absolute Gasteiger partial charge is 0.319 e. The molecule has 2 amide bonds. The zero-order chi connectivity index (χ0) is 26.6. The number of urea groups is 1. The lowest BCUT2D eigenvalue weighted by Gasteiger charge is -2.41. The highest BCUT2D eigenvalue weighted by Gasteiger charge is 2.31. The average molecular weight is 537 g/mol. The molecule has 2 aliphatic rings. The predicted molar refractivity (Wildman–Crippen MR) is 151 cm³/mol. The minimum Gasteiger partial charge on any atom is -0.437 e. The lowest BCUT2D eigenvalue weighted by molar-refractivity contribution is 0.134. The Kier molecular flexibility index (Phi) is 7.71. The van der Waals surface area contributed by atoms with Crippen LogP contribution in [0.2, 0.25) is 5.02 Å². The highest BCUT2D eigenvalue weighted by Crippen LogP contribution is 2.30. The summed E-state index contributed by atoms with van der Waals surface area (Å²) in [6, 6.07) is 16.1. The van der Waals surface area contributed by atoms with Gasteiger partial charge in [0, 0.05) is 76.5 Å². The van der Waals surface area contributed by atoms with Crippen molar-refractivity contribution in [3.8, 4) is 11.6 Å². The highest BCUT2D eigenvalue weighted by molar-refractivity contribution is 6.31. The monoisotopic (exact) mass is 536 g/mol. The molecule has 3 aromatic rings. The number of likely N-dealkylation sites (tertiary alicyclic amines) is 1. The highest BCUT2D eigenvalue weighted by atomic mass is 35.5. The number of anilines is 4. The van der Waals surface area contributed by atoms with Crippen LogP contribution in [0.3, 0.4) is 0 Å². The number of nitrogens with zero attached hydrogens (tertiary/aromatic N) is 6. The van der Waals surface area contributed by atoms with Crippen molar-refractivity contribution in [1.82, 2.24) is 24.7 Å². The summed E-state index contributed by atoms with van der Waals surface area (Å²) in [4.78, 5) is 28.9. The third-order valence-corrected chi connectivity index (χ3v) is 6.92. The number of nitrogens with one attached hydrogen (secondary N) is 2. The molecule has 0 spiro atoms. The Bertz CT molecular complexity index is 1260. The zero-order valence-electron chi connectivity index (χ0n) is 21.9. The van der Waals surface area contributed by atoms with Gasteiger partial charge in [0.05, 0.1) is 12.2 Å². The van der Waals surface area contributed by atoms with Crippen LogP contribution in [0, 0.1) is 0 Å². The second-order valence-corrected chi connectivity index (χ2v) is 10.3. The van der Waals surface area contributed by atoms with E-state index in [4.69, 9.17) is 16.3 Å². The summed E-state index contributed by atoms with van der Waals surface area (Å²) < 4.78 is 6.01. The molecule has 2 N–H and O–H groups in total. The molecular weight excluding hydrogens is 504 g/mol. The summed E-state index contributed by atoms with van der Waals surface area (Å²) >= 11 is 6.35. The van der Waals surface area contributed by atoms with E-state index in [0.29, 0.717) is 29.8 Å². The third kappa shape index (κ3) is 6.20. The molecule has 2 aliphatic heterocycles. The van der Waals surface area contributed by atoms with Crippen molar-refractivity contribution in [2.75, 3.05) is 75.9 Å². The minimum absolute atomic E-state index is 0.0222. The van der Waals surface area contributed by atoms with Crippen LogP contribution in [0.5, 0.6) is 11.6 Å². The number of hydrogen-bond acceptors (Lipinski definition) is 8. The van der Waals surface area contributed by atoms with Gasteiger partial charge in [-0.25, -0.2) is 9.78 Å². The molecule has 2 fully saturated rings. The van der Waals surface area contributed by atoms with Crippen LogP contribution in [0.1, 0.15) is 0 Å². The van der Waals surface area contributed by atoms with Crippen LogP contribution >= 0.6 is 11.6 Å². The Labute approximate surface area is 228 Å². The summed E-state index contributed by atoms with van der Waals surface area (Å²) in [7, 11) is 5.67. The Balaban J connectivity index is 1.19. The number of rotatable bonds is 7. The Morgan fingerprint density at radius 1 is 1.05 bits per heavy atom. The number of amides is 2. The fraction of sp³-hybridized carbons (Fsp3) is 0.370. The fourth-order valence-electron chi connectivity index (χ4n) is 4.44. The Morgan fingerprint density at radius 3 is 2.50 bits per heavy atom. The normalized spacial score (nSPS) is 16.1. The van der Waals surface area contributed by atoms with Gasteiger partial charge in [0.2, 0.25) is 11.8 Å². The van der Waals surface area contributed by atoms with Gasteiger partial charge in [-0.1, -0.05) is 17.7 Å². The maximum absolute atomic E-state index is 12.0. The van der Waals surface area contributed by atoms with Gasteiger partial charge in [0.25, 0.3) is 0 Å². The van der Waals surface area contributed by atoms with Gasteiger partial charge in [0.15, 0.2) is 0 Å². The summed E-state index contributed by atoms with van der Waals surface area (Å²) in [5, 5.41) is 6.99. The molecular formula is C27H33ClN8O2. The number of halogens is 1. The number of carbonyl (C=O) groups excluding carboxylic acids is 1. The van der Waals surface area contributed by atoms with E-state index in [-0.39, 0.29) is 18.0 Å². The van der Waals surface area contributed by atoms with E-state index in [2.05, 4.69) is 49.6 Å². The molecule has 2 saturated heterocycles. The van der Waals surface area contributed by atoms with Gasteiger partial charge in [0.1, 0.15) is 10.8 Å². The molecule has 0 atom stereocenters. The molecule has 5 rings (SSSR count). The van der Waals surface area contributed by atoms with E-state index >= 15 is 0 Å². The standard InChI is InChI=1S/C27H33ClN8O2/c1-33(2)27(37)36-17-21(18-36)30-20-5-4-6-23(15-20)38-25-24(28)16-29-26(32-25)31-19-7-9-22(10-8-19)35-13-11-34(3)12-14-35/h4-10,15-16,21,30H,11-14,17-18H2,1-3H3,(H,29,31,32). The van der Waals surface area contributed by atoms with Gasteiger partial charge >= 0.3 is 6.03 Å². The fourth-order valence-corrected chi connectivity index (χ4v) is 4.57. The maximum Gasteiger partial charge on any atom is 0.319 e. The summed E-state index contributed by atoms with van der Waals surface area (Å²) in [6.45, 7) is 5.50. The summed E-state index contributed by atoms with van der Waals surface area (Å²) in [5.41, 5.74) is 2.98. The number of benzene rings is 2. The van der Waals surface area contributed by atoms with Crippen molar-refractivity contribution >= 4 is 40.6 Å². The van der Waals surface area contributed by atoms with Crippen molar-refractivity contribution in [3.05, 3.63) is 59.8 Å². The molecule has 1 aromatic heterocycles. The molecule has 3 heterocycles. The number of likely N-dealkylation sites (N-methyl/N-ethyl adjacent to an activating group) is 1. The van der Waals surface area contributed by atoms with E-state index in [1.165, 1.54) is 11.9 Å². The van der Waals surface area contributed by atoms with Gasteiger partial charge < -0.3 is 35.0 Å². The van der Waals surface area contributed by atoms with E-state index < -0.39 is 0 Å². The van der Waals surface area contributed by atoms with Gasteiger partial charge in [-0.3, -0.25) is 0 Å². The predicted octanol–water partition coefficient (Wildman–Crippen LogP) is 4.20. The number of piperazine rings is 1. The van der Waals surface area contributed by atoms with Gasteiger partial charge in [-0.05, 0) is 43.4 Å². The molecule has 0 aliphatic carbocycles. The molecule has 0 saturated carbocycles. The zero-order valence-corrected chi connectivity index (χ0v) is 22.6. The van der Waals surface area contributed by atoms with Crippen LogP contribution in [0.15, 0.2) is 54.7 Å². The molecule has 10 nitrogen and oxygen atoms in total. The topological polar surface area (TPSA) is 89.1 Å². The second-order valence-electron chi connectivity index (χ2n) is 9.86. The summed E-state index contributed by atoms with van der Waals surface area (Å²) in [6.07, 6.45) is 1.53. The molecule has 11 heteroatoms. The largest absolute Gasteiger partial charge is 0.437 e. The van der Waals surface area contributed by atoms with Crippen LogP contribution in [0.25, 0.3) is 0 Å². The average Bonchev–Trinajstić information content (AvgIpc) is 2.89. The minimum atomic E-state index is 0.0222. The van der Waals surface area contributed by atoms with E-state index in [1.807, 2.05) is 36.4 Å². The quantitative estimate of drug-likeness (QED) is 0.464. The molecule has 0 radical (unpaired) electrons. The van der Waals surface area contributed by atoms with Crippen molar-refractivity contribution in [3.63, 3.8) is 0 Å². The molecule has 2 aromatic carbocycles.